The van der Waals surface area contributed by atoms with Crippen molar-refractivity contribution in [3.63, 3.8) is 0 Å². The number of carboxylic acid groups (broad SMARTS) is 1. The molecule has 7 nitrogen and oxygen atoms in total. The molecular formula is C36H24F6N2O5S. The number of hydrogen-bond donors (Lipinski definition) is 1. The van der Waals surface area contributed by atoms with Crippen molar-refractivity contribution in [2.75, 3.05) is 0 Å². The van der Waals surface area contributed by atoms with Crippen LogP contribution >= 0.6 is 11.8 Å². The molecule has 1 saturated heterocycles. The molecule has 50 heavy (non-hydrogen) atoms. The van der Waals surface area contributed by atoms with Gasteiger partial charge >= 0.3 is 18.3 Å². The van der Waals surface area contributed by atoms with E-state index in [1.165, 1.54) is 34.9 Å². The number of aromatic nitrogens is 1. The fraction of sp³-hybridized carbons (Fsp3) is 0.139. The molecule has 2 amide bonds. The molecule has 4 aromatic carbocycles. The lowest BCUT2D eigenvalue weighted by Crippen LogP contribution is -2.27. The number of amides is 2. The third kappa shape index (κ3) is 7.39. The zero-order valence-electron chi connectivity index (χ0n) is 25.6. The van der Waals surface area contributed by atoms with Gasteiger partial charge in [-0.1, -0.05) is 48.5 Å². The van der Waals surface area contributed by atoms with Gasteiger partial charge < -0.3 is 14.4 Å². The molecule has 1 fully saturated rings. The molecule has 6 rings (SSSR count). The van der Waals surface area contributed by atoms with Gasteiger partial charge in [0.25, 0.3) is 11.1 Å². The molecule has 0 atom stereocenters. The maximum atomic E-state index is 14.1. The zero-order valence-corrected chi connectivity index (χ0v) is 26.4. The third-order valence-corrected chi connectivity index (χ3v) is 8.83. The molecule has 0 aliphatic carbocycles. The van der Waals surface area contributed by atoms with Gasteiger partial charge in [-0.05, 0) is 83.1 Å². The molecule has 1 aromatic heterocycles. The SMILES string of the molecule is O=C(O)c1ccc(CN2C(=O)S/C(=C\c3cc4cc(OCc5ccccc5)ccc4n3Cc3ccc(C(F)(F)F)cc3C(F)(F)F)C2=O)cc1. The van der Waals surface area contributed by atoms with Crippen LogP contribution in [0.2, 0.25) is 0 Å². The van der Waals surface area contributed by atoms with Gasteiger partial charge in [-0.15, -0.1) is 0 Å². The van der Waals surface area contributed by atoms with E-state index in [4.69, 9.17) is 9.84 Å². The summed E-state index contributed by atoms with van der Waals surface area (Å²) in [5.74, 6) is -1.39. The zero-order chi connectivity index (χ0) is 35.8. The summed E-state index contributed by atoms with van der Waals surface area (Å²) in [6.07, 6.45) is -8.76. The van der Waals surface area contributed by atoms with Gasteiger partial charge in [-0.2, -0.15) is 26.3 Å². The lowest BCUT2D eigenvalue weighted by Gasteiger charge is -2.18. The first-order valence-corrected chi connectivity index (χ1v) is 15.6. The highest BCUT2D eigenvalue weighted by Crippen LogP contribution is 2.39. The van der Waals surface area contributed by atoms with Crippen molar-refractivity contribution >= 4 is 45.9 Å². The van der Waals surface area contributed by atoms with Crippen molar-refractivity contribution < 1.29 is 50.6 Å². The van der Waals surface area contributed by atoms with E-state index < -0.39 is 52.7 Å². The second kappa shape index (κ2) is 13.4. The van der Waals surface area contributed by atoms with Crippen LogP contribution in [0.3, 0.4) is 0 Å². The summed E-state index contributed by atoms with van der Waals surface area (Å²) in [4.78, 5) is 38.4. The number of aromatic carboxylic acids is 1. The molecule has 2 heterocycles. The highest BCUT2D eigenvalue weighted by atomic mass is 32.2. The number of alkyl halides is 6. The van der Waals surface area contributed by atoms with Gasteiger partial charge in [-0.25, -0.2) is 4.79 Å². The van der Waals surface area contributed by atoms with E-state index in [1.54, 1.807) is 24.3 Å². The number of carbonyl (C=O) groups is 3. The molecular weight excluding hydrogens is 686 g/mol. The van der Waals surface area contributed by atoms with Crippen molar-refractivity contribution in [2.45, 2.75) is 32.0 Å². The van der Waals surface area contributed by atoms with Crippen LogP contribution in [0.5, 0.6) is 5.75 Å². The van der Waals surface area contributed by atoms with Crippen molar-refractivity contribution in [1.29, 1.82) is 0 Å². The summed E-state index contributed by atoms with van der Waals surface area (Å²) in [7, 11) is 0. The van der Waals surface area contributed by atoms with Crippen LogP contribution in [0.4, 0.5) is 31.1 Å². The maximum absolute atomic E-state index is 14.1. The fourth-order valence-corrected chi connectivity index (χ4v) is 6.25. The highest BCUT2D eigenvalue weighted by molar-refractivity contribution is 8.18. The molecule has 0 unspecified atom stereocenters. The first-order valence-electron chi connectivity index (χ1n) is 14.8. The number of benzene rings is 4. The van der Waals surface area contributed by atoms with Gasteiger partial charge in [0.1, 0.15) is 12.4 Å². The molecule has 1 aliphatic heterocycles. The van der Waals surface area contributed by atoms with Crippen LogP contribution in [0.15, 0.2) is 102 Å². The van der Waals surface area contributed by atoms with E-state index in [1.807, 2.05) is 30.3 Å². The number of ether oxygens (including phenoxy) is 1. The number of hydrogen-bond acceptors (Lipinski definition) is 5. The minimum absolute atomic E-state index is 0.0194. The standard InChI is InChI=1S/C36H24F6N2O5S/c37-35(38,39)26-11-10-24(29(16-26)36(40,41)42)19-43-27(14-25-15-28(12-13-30(25)43)49-20-22-4-2-1-3-5-22)17-31-32(45)44(34(48)50-31)18-21-6-8-23(9-7-21)33(46)47/h1-17H,18-20H2,(H,46,47)/b31-17-. The summed E-state index contributed by atoms with van der Waals surface area (Å²) in [6, 6.07) is 22.8. The van der Waals surface area contributed by atoms with E-state index in [9.17, 15) is 40.7 Å². The van der Waals surface area contributed by atoms with Crippen LogP contribution in [-0.2, 0) is 36.8 Å². The molecule has 0 bridgehead atoms. The lowest BCUT2D eigenvalue weighted by molar-refractivity contribution is -0.143. The van der Waals surface area contributed by atoms with E-state index in [0.717, 1.165) is 16.5 Å². The van der Waals surface area contributed by atoms with Crippen molar-refractivity contribution in [2.24, 2.45) is 0 Å². The Balaban J connectivity index is 1.38. The summed E-state index contributed by atoms with van der Waals surface area (Å²) in [6.45, 7) is -0.452. The van der Waals surface area contributed by atoms with E-state index in [0.29, 0.717) is 40.0 Å². The molecule has 1 aliphatic rings. The summed E-state index contributed by atoms with van der Waals surface area (Å²) in [5, 5.41) is 9.02. The number of carboxylic acids is 1. The Morgan fingerprint density at radius 1 is 0.800 bits per heavy atom. The Morgan fingerprint density at radius 2 is 1.52 bits per heavy atom. The Kier molecular flexibility index (Phi) is 9.23. The van der Waals surface area contributed by atoms with Crippen molar-refractivity contribution in [3.8, 4) is 5.75 Å². The highest BCUT2D eigenvalue weighted by Gasteiger charge is 2.39. The minimum Gasteiger partial charge on any atom is -0.489 e. The van der Waals surface area contributed by atoms with Crippen LogP contribution < -0.4 is 4.74 Å². The molecule has 256 valence electrons. The summed E-state index contributed by atoms with van der Waals surface area (Å²) < 4.78 is 89.8. The Hall–Kier alpha value is -5.50. The van der Waals surface area contributed by atoms with E-state index in [2.05, 4.69) is 0 Å². The summed E-state index contributed by atoms with van der Waals surface area (Å²) >= 11 is 0.611. The first-order chi connectivity index (χ1) is 23.7. The topological polar surface area (TPSA) is 88.8 Å². The molecule has 1 N–H and O–H groups in total. The van der Waals surface area contributed by atoms with Crippen molar-refractivity contribution in [3.05, 3.63) is 141 Å². The Morgan fingerprint density at radius 3 is 2.18 bits per heavy atom. The van der Waals surface area contributed by atoms with Crippen LogP contribution in [0.25, 0.3) is 17.0 Å². The maximum Gasteiger partial charge on any atom is 0.416 e. The van der Waals surface area contributed by atoms with Crippen molar-refractivity contribution in [1.82, 2.24) is 9.47 Å². The van der Waals surface area contributed by atoms with Gasteiger partial charge in [0.05, 0.1) is 28.1 Å². The number of thioether (sulfide) groups is 1. The molecule has 5 aromatic rings. The summed E-state index contributed by atoms with van der Waals surface area (Å²) in [5.41, 5.74) is -1.35. The molecule has 14 heteroatoms. The molecule has 0 radical (unpaired) electrons. The van der Waals surface area contributed by atoms with E-state index >= 15 is 0 Å². The average molecular weight is 711 g/mol. The minimum atomic E-state index is -5.11. The van der Waals surface area contributed by atoms with Crippen LogP contribution in [0.1, 0.15) is 43.9 Å². The monoisotopic (exact) mass is 710 g/mol. The second-order valence-electron chi connectivity index (χ2n) is 11.3. The quantitative estimate of drug-likeness (QED) is 0.121. The number of fused-ring (bicyclic) bond motifs is 1. The number of nitrogens with zero attached hydrogens (tertiary/aromatic N) is 2. The first kappa shape index (κ1) is 34.4. The number of imide groups is 1. The normalized spacial score (nSPS) is 14.6. The Bertz CT molecular complexity index is 2140. The Labute approximate surface area is 284 Å². The third-order valence-electron chi connectivity index (χ3n) is 7.92. The predicted molar refractivity (Wildman–Crippen MR) is 173 cm³/mol. The number of rotatable bonds is 9. The number of carbonyl (C=O) groups excluding carboxylic acids is 2. The van der Waals surface area contributed by atoms with Crippen LogP contribution in [-0.4, -0.2) is 31.7 Å². The number of halogens is 6. The lowest BCUT2D eigenvalue weighted by atomic mass is 10.0. The largest absolute Gasteiger partial charge is 0.489 e. The van der Waals surface area contributed by atoms with Gasteiger partial charge in [0.2, 0.25) is 0 Å². The fourth-order valence-electron chi connectivity index (χ4n) is 5.43. The van der Waals surface area contributed by atoms with Crippen LogP contribution in [0, 0.1) is 0 Å². The average Bonchev–Trinajstić information content (AvgIpc) is 3.54. The smallest absolute Gasteiger partial charge is 0.416 e. The second-order valence-corrected chi connectivity index (χ2v) is 12.3. The van der Waals surface area contributed by atoms with Gasteiger partial charge in [0, 0.05) is 23.1 Å². The van der Waals surface area contributed by atoms with Gasteiger partial charge in [0.15, 0.2) is 0 Å². The van der Waals surface area contributed by atoms with E-state index in [-0.39, 0.29) is 35.4 Å². The van der Waals surface area contributed by atoms with Gasteiger partial charge in [-0.3, -0.25) is 14.5 Å². The molecule has 0 saturated carbocycles. The predicted octanol–water partition coefficient (Wildman–Crippen LogP) is 9.24. The molecule has 0 spiro atoms.